The van der Waals surface area contributed by atoms with E-state index in [1.165, 1.54) is 31.5 Å². The van der Waals surface area contributed by atoms with Crippen LogP contribution in [-0.2, 0) is 0 Å². The van der Waals surface area contributed by atoms with Crippen molar-refractivity contribution in [2.75, 3.05) is 7.11 Å². The molecule has 0 atom stereocenters. The van der Waals surface area contributed by atoms with Gasteiger partial charge < -0.3 is 19.4 Å². The maximum Gasteiger partial charge on any atom is 0.280 e. The van der Waals surface area contributed by atoms with Gasteiger partial charge in [0, 0.05) is 23.4 Å². The highest BCUT2D eigenvalue weighted by atomic mass is 19.1. The van der Waals surface area contributed by atoms with Crippen molar-refractivity contribution in [1.82, 2.24) is 14.5 Å². The van der Waals surface area contributed by atoms with Gasteiger partial charge in [-0.1, -0.05) is 12.1 Å². The van der Waals surface area contributed by atoms with Gasteiger partial charge in [0.2, 0.25) is 5.62 Å². The number of nitrogens with zero attached hydrogens (tertiary/aromatic N) is 3. The van der Waals surface area contributed by atoms with Crippen molar-refractivity contribution in [2.24, 2.45) is 4.99 Å². The number of methoxy groups -OCH3 is 1. The number of aliphatic hydroxyl groups is 1. The zero-order valence-corrected chi connectivity index (χ0v) is 18.7. The number of aromatic nitrogens is 3. The minimum Gasteiger partial charge on any atom is -0.496 e. The molecule has 2 aromatic heterocycles. The van der Waals surface area contributed by atoms with Crippen LogP contribution in [0.15, 0.2) is 65.8 Å². The van der Waals surface area contributed by atoms with Crippen molar-refractivity contribution in [1.29, 1.82) is 0 Å². The van der Waals surface area contributed by atoms with Crippen molar-refractivity contribution in [3.05, 3.63) is 77.8 Å². The molecule has 4 aromatic rings. The van der Waals surface area contributed by atoms with Gasteiger partial charge in [-0.3, -0.25) is 9.78 Å². The molecule has 1 aliphatic carbocycles. The normalized spacial score (nSPS) is 18.9. The van der Waals surface area contributed by atoms with Crippen molar-refractivity contribution in [3.63, 3.8) is 0 Å². The number of ether oxygens (including phenoxy) is 1. The molecule has 2 aromatic carbocycles. The summed E-state index contributed by atoms with van der Waals surface area (Å²) >= 11 is 0. The Balaban J connectivity index is 1.56. The summed E-state index contributed by atoms with van der Waals surface area (Å²) in [6.07, 6.45) is 4.28. The molecule has 1 aliphatic rings. The van der Waals surface area contributed by atoms with Crippen LogP contribution in [0.1, 0.15) is 42.1 Å². The Bertz CT molecular complexity index is 1420. The molecule has 2 heterocycles. The van der Waals surface area contributed by atoms with Crippen LogP contribution in [0.4, 0.5) is 4.39 Å². The number of hydrogen-bond acceptors (Lipinski definition) is 4. The number of pyridine rings is 1. The molecule has 34 heavy (non-hydrogen) atoms. The Morgan fingerprint density at radius 2 is 1.94 bits per heavy atom. The van der Waals surface area contributed by atoms with E-state index in [0.717, 1.165) is 23.9 Å². The zero-order valence-electron chi connectivity index (χ0n) is 18.7. The van der Waals surface area contributed by atoms with Crippen molar-refractivity contribution in [2.45, 2.75) is 37.8 Å². The number of aromatic amines is 1. The van der Waals surface area contributed by atoms with Crippen molar-refractivity contribution in [3.8, 4) is 17.0 Å². The number of imidazole rings is 1. The second-order valence-electron chi connectivity index (χ2n) is 8.49. The first-order valence-corrected chi connectivity index (χ1v) is 11.3. The number of carbonyl (C=O) groups excluding carboxylic acids is 1. The number of rotatable bonds is 4. The molecule has 174 valence electrons. The zero-order chi connectivity index (χ0) is 23.7. The Kier molecular flexibility index (Phi) is 5.98. The van der Waals surface area contributed by atoms with Gasteiger partial charge >= 0.3 is 0 Å². The number of amides is 1. The Hall–Kier alpha value is -3.78. The second-order valence-corrected chi connectivity index (χ2v) is 8.49. The van der Waals surface area contributed by atoms with E-state index in [1.54, 1.807) is 12.1 Å². The largest absolute Gasteiger partial charge is 0.496 e. The Labute approximate surface area is 195 Å². The van der Waals surface area contributed by atoms with Crippen molar-refractivity contribution >= 4 is 16.9 Å². The van der Waals surface area contributed by atoms with Crippen LogP contribution in [0.25, 0.3) is 22.3 Å². The molecule has 0 saturated heterocycles. The summed E-state index contributed by atoms with van der Waals surface area (Å²) in [5.74, 6) is -0.394. The quantitative estimate of drug-likeness (QED) is 0.472. The van der Waals surface area contributed by atoms with Gasteiger partial charge in [0.1, 0.15) is 11.6 Å². The molecule has 0 radical (unpaired) electrons. The third-order valence-corrected chi connectivity index (χ3v) is 6.32. The summed E-state index contributed by atoms with van der Waals surface area (Å²) in [5.41, 5.74) is 3.53. The van der Waals surface area contributed by atoms with Crippen LogP contribution in [-0.4, -0.2) is 38.8 Å². The predicted octanol–water partition coefficient (Wildman–Crippen LogP) is 4.40. The SMILES string of the molecule is COc1ccc(F)cc1-c1cc(C(=O)/N=c2\[nH]c3ccccc3n2[C@H]2CC[C@@H](O)CC2)ccn1. The van der Waals surface area contributed by atoms with Crippen LogP contribution >= 0.6 is 0 Å². The molecule has 8 heteroatoms. The molecule has 2 N–H and O–H groups in total. The fourth-order valence-electron chi connectivity index (χ4n) is 4.60. The third kappa shape index (κ3) is 4.24. The maximum atomic E-state index is 13.9. The molecule has 1 amide bonds. The average molecular weight is 461 g/mol. The summed E-state index contributed by atoms with van der Waals surface area (Å²) in [5, 5.41) is 9.94. The van der Waals surface area contributed by atoms with Gasteiger partial charge in [0.05, 0.1) is 29.9 Å². The van der Waals surface area contributed by atoms with Gasteiger partial charge in [-0.2, -0.15) is 4.99 Å². The van der Waals surface area contributed by atoms with Crippen LogP contribution in [0.2, 0.25) is 0 Å². The van der Waals surface area contributed by atoms with Crippen molar-refractivity contribution < 1.29 is 19.0 Å². The lowest BCUT2D eigenvalue weighted by Crippen LogP contribution is -2.29. The molecule has 0 bridgehead atoms. The molecule has 7 nitrogen and oxygen atoms in total. The third-order valence-electron chi connectivity index (χ3n) is 6.32. The summed E-state index contributed by atoms with van der Waals surface area (Å²) in [4.78, 5) is 25.2. The highest BCUT2D eigenvalue weighted by Crippen LogP contribution is 2.31. The van der Waals surface area contributed by atoms with E-state index in [9.17, 15) is 14.3 Å². The van der Waals surface area contributed by atoms with Crippen LogP contribution < -0.4 is 10.4 Å². The number of benzene rings is 2. The molecule has 1 fully saturated rings. The highest BCUT2D eigenvalue weighted by molar-refractivity contribution is 5.96. The second kappa shape index (κ2) is 9.23. The number of nitrogens with one attached hydrogen (secondary N) is 1. The number of halogens is 1. The van der Waals surface area contributed by atoms with Gasteiger partial charge in [-0.25, -0.2) is 4.39 Å². The Morgan fingerprint density at radius 3 is 2.74 bits per heavy atom. The lowest BCUT2D eigenvalue weighted by atomic mass is 9.93. The number of carbonyl (C=O) groups is 1. The first kappa shape index (κ1) is 22.0. The van der Waals surface area contributed by atoms with E-state index in [-0.39, 0.29) is 12.1 Å². The van der Waals surface area contributed by atoms with Crippen LogP contribution in [0, 0.1) is 5.82 Å². The van der Waals surface area contributed by atoms with E-state index >= 15 is 0 Å². The number of H-pyrrole nitrogens is 1. The van der Waals surface area contributed by atoms with E-state index in [4.69, 9.17) is 4.74 Å². The molecule has 1 saturated carbocycles. The smallest absolute Gasteiger partial charge is 0.280 e. The number of para-hydroxylation sites is 2. The van der Waals surface area contributed by atoms with E-state index in [1.807, 2.05) is 24.3 Å². The first-order chi connectivity index (χ1) is 16.5. The molecule has 5 rings (SSSR count). The highest BCUT2D eigenvalue weighted by Gasteiger charge is 2.23. The summed E-state index contributed by atoms with van der Waals surface area (Å²) in [7, 11) is 1.50. The van der Waals surface area contributed by atoms with E-state index < -0.39 is 11.7 Å². The van der Waals surface area contributed by atoms with Gasteiger partial charge in [-0.05, 0) is 68.1 Å². The molecular weight excluding hydrogens is 435 g/mol. The lowest BCUT2D eigenvalue weighted by molar-refractivity contribution is 0.0990. The molecule has 0 unspecified atom stereocenters. The standard InChI is InChI=1S/C26H25FN4O3/c1-34-24-11-6-17(27)15-20(24)22-14-16(12-13-28-22)25(33)30-26-29-21-4-2-3-5-23(21)31(26)18-7-9-19(32)10-8-18/h2-6,11-15,18-19,32H,7-10H2,1H3,(H,29,30,33)/t18-,19+. The van der Waals surface area contributed by atoms with Gasteiger partial charge in [0.15, 0.2) is 0 Å². The van der Waals surface area contributed by atoms with Gasteiger partial charge in [-0.15, -0.1) is 0 Å². The van der Waals surface area contributed by atoms with E-state index in [0.29, 0.717) is 41.0 Å². The fraction of sp³-hybridized carbons (Fsp3) is 0.269. The summed E-state index contributed by atoms with van der Waals surface area (Å²) in [6, 6.07) is 15.3. The van der Waals surface area contributed by atoms with Crippen LogP contribution in [0.3, 0.4) is 0 Å². The van der Waals surface area contributed by atoms with Gasteiger partial charge in [0.25, 0.3) is 5.91 Å². The predicted molar refractivity (Wildman–Crippen MR) is 126 cm³/mol. The topological polar surface area (TPSA) is 92.5 Å². The molecule has 0 spiro atoms. The minimum atomic E-state index is -0.435. The molecule has 0 aliphatic heterocycles. The first-order valence-electron chi connectivity index (χ1n) is 11.3. The number of aliphatic hydroxyl groups excluding tert-OH is 1. The lowest BCUT2D eigenvalue weighted by Gasteiger charge is -2.27. The minimum absolute atomic E-state index is 0.135. The van der Waals surface area contributed by atoms with E-state index in [2.05, 4.69) is 19.5 Å². The maximum absolute atomic E-state index is 13.9. The van der Waals surface area contributed by atoms with Crippen LogP contribution in [0.5, 0.6) is 5.75 Å². The monoisotopic (exact) mass is 460 g/mol. The molecular formula is C26H25FN4O3. The summed E-state index contributed by atoms with van der Waals surface area (Å²) in [6.45, 7) is 0. The summed E-state index contributed by atoms with van der Waals surface area (Å²) < 4.78 is 21.3. The Morgan fingerprint density at radius 1 is 1.15 bits per heavy atom. The number of fused-ring (bicyclic) bond motifs is 1. The number of hydrogen-bond donors (Lipinski definition) is 2. The average Bonchev–Trinajstić information content (AvgIpc) is 3.22. The fourth-order valence-corrected chi connectivity index (χ4v) is 4.60.